The van der Waals surface area contributed by atoms with Crippen LogP contribution in [0.1, 0.15) is 25.0 Å². The lowest BCUT2D eigenvalue weighted by Gasteiger charge is -2.14. The molecule has 114 valence electrons. The summed E-state index contributed by atoms with van der Waals surface area (Å²) in [6.45, 7) is 3.66. The van der Waals surface area contributed by atoms with Crippen molar-refractivity contribution in [1.82, 2.24) is 0 Å². The van der Waals surface area contributed by atoms with Crippen LogP contribution in [0.25, 0.3) is 6.08 Å². The van der Waals surface area contributed by atoms with E-state index < -0.39 is 17.7 Å². The molecule has 0 spiro atoms. The molecule has 21 heavy (non-hydrogen) atoms. The summed E-state index contributed by atoms with van der Waals surface area (Å²) in [6.07, 6.45) is -1.04. The van der Waals surface area contributed by atoms with Gasteiger partial charge in [0.15, 0.2) is 0 Å². The van der Waals surface area contributed by atoms with Crippen molar-refractivity contribution in [3.05, 3.63) is 47.1 Å². The number of carboxylic acids is 1. The fraction of sp³-hybridized carbons (Fsp3) is 0.267. The number of carbonyl (C=O) groups is 1. The average Bonchev–Trinajstić information content (AvgIpc) is 2.35. The lowest BCUT2D eigenvalue weighted by Crippen LogP contribution is -2.09. The zero-order valence-corrected chi connectivity index (χ0v) is 11.6. The van der Waals surface area contributed by atoms with Gasteiger partial charge in [0, 0.05) is 6.08 Å². The summed E-state index contributed by atoms with van der Waals surface area (Å²) in [7, 11) is 0. The van der Waals surface area contributed by atoms with Crippen molar-refractivity contribution in [2.24, 2.45) is 0 Å². The van der Waals surface area contributed by atoms with Crippen LogP contribution < -0.4 is 4.74 Å². The SMILES string of the molecule is CC(C)=CCOc1ccc(C=CC(=O)O)cc1C(F)(F)F. The molecule has 1 rings (SSSR count). The van der Waals surface area contributed by atoms with Crippen LogP contribution >= 0.6 is 0 Å². The van der Waals surface area contributed by atoms with Crippen LogP contribution in [-0.4, -0.2) is 17.7 Å². The Bertz CT molecular complexity index is 568. The second kappa shape index (κ2) is 6.97. The van der Waals surface area contributed by atoms with Gasteiger partial charge in [0.2, 0.25) is 0 Å². The first kappa shape index (κ1) is 16.8. The van der Waals surface area contributed by atoms with Gasteiger partial charge in [-0.1, -0.05) is 11.6 Å². The van der Waals surface area contributed by atoms with Crippen molar-refractivity contribution < 1.29 is 27.8 Å². The number of hydrogen-bond acceptors (Lipinski definition) is 2. The molecule has 0 aliphatic carbocycles. The van der Waals surface area contributed by atoms with Gasteiger partial charge in [0.1, 0.15) is 12.4 Å². The molecule has 1 aromatic rings. The van der Waals surface area contributed by atoms with E-state index in [-0.39, 0.29) is 17.9 Å². The maximum atomic E-state index is 13.0. The average molecular weight is 300 g/mol. The Morgan fingerprint density at radius 3 is 2.52 bits per heavy atom. The molecule has 0 fully saturated rings. The molecule has 0 unspecified atom stereocenters. The number of aliphatic carboxylic acids is 1. The van der Waals surface area contributed by atoms with Gasteiger partial charge < -0.3 is 9.84 Å². The number of alkyl halides is 3. The molecule has 0 bridgehead atoms. The smallest absolute Gasteiger partial charge is 0.419 e. The molecule has 3 nitrogen and oxygen atoms in total. The molecule has 0 atom stereocenters. The van der Waals surface area contributed by atoms with Gasteiger partial charge in [-0.3, -0.25) is 0 Å². The number of allylic oxidation sites excluding steroid dienone is 1. The molecule has 0 aliphatic heterocycles. The van der Waals surface area contributed by atoms with Gasteiger partial charge >= 0.3 is 12.1 Å². The first-order chi connectivity index (χ1) is 9.70. The Balaban J connectivity index is 3.08. The molecule has 0 aromatic heterocycles. The summed E-state index contributed by atoms with van der Waals surface area (Å²) in [4.78, 5) is 10.4. The van der Waals surface area contributed by atoms with Crippen LogP contribution in [0.5, 0.6) is 5.75 Å². The van der Waals surface area contributed by atoms with Crippen molar-refractivity contribution in [3.8, 4) is 5.75 Å². The predicted molar refractivity (Wildman–Crippen MR) is 73.0 cm³/mol. The third-order valence-corrected chi connectivity index (χ3v) is 2.46. The van der Waals surface area contributed by atoms with Gasteiger partial charge in [0.25, 0.3) is 0 Å². The third-order valence-electron chi connectivity index (χ3n) is 2.46. The molecule has 1 N–H and O–H groups in total. The fourth-order valence-electron chi connectivity index (χ4n) is 1.46. The van der Waals surface area contributed by atoms with Gasteiger partial charge in [-0.25, -0.2) is 4.79 Å². The van der Waals surface area contributed by atoms with Crippen LogP contribution in [0.2, 0.25) is 0 Å². The minimum absolute atomic E-state index is 0.0374. The van der Waals surface area contributed by atoms with E-state index in [0.29, 0.717) is 0 Å². The van der Waals surface area contributed by atoms with Crippen molar-refractivity contribution in [2.75, 3.05) is 6.61 Å². The molecule has 0 saturated heterocycles. The maximum Gasteiger partial charge on any atom is 0.419 e. The minimum atomic E-state index is -4.58. The second-order valence-corrected chi connectivity index (χ2v) is 4.52. The van der Waals surface area contributed by atoms with Gasteiger partial charge in [-0.2, -0.15) is 13.2 Å². The summed E-state index contributed by atoms with van der Waals surface area (Å²) in [6, 6.07) is 3.41. The molecule has 0 radical (unpaired) electrons. The van der Waals surface area contributed by atoms with E-state index in [1.807, 2.05) is 13.8 Å². The highest BCUT2D eigenvalue weighted by Gasteiger charge is 2.34. The monoisotopic (exact) mass is 300 g/mol. The first-order valence-corrected chi connectivity index (χ1v) is 6.08. The lowest BCUT2D eigenvalue weighted by atomic mass is 10.1. The number of ether oxygens (including phenoxy) is 1. The molecule has 0 heterocycles. The summed E-state index contributed by atoms with van der Waals surface area (Å²) in [5.74, 6) is -1.51. The maximum absolute atomic E-state index is 13.0. The van der Waals surface area contributed by atoms with Crippen LogP contribution in [-0.2, 0) is 11.0 Å². The highest BCUT2D eigenvalue weighted by Crippen LogP contribution is 2.37. The Labute approximate surface area is 120 Å². The van der Waals surface area contributed by atoms with Crippen LogP contribution in [0.3, 0.4) is 0 Å². The zero-order valence-electron chi connectivity index (χ0n) is 11.6. The van der Waals surface area contributed by atoms with Gasteiger partial charge in [-0.15, -0.1) is 0 Å². The molecule has 0 amide bonds. The van der Waals surface area contributed by atoms with Crippen molar-refractivity contribution in [1.29, 1.82) is 0 Å². The summed E-state index contributed by atoms with van der Waals surface area (Å²) >= 11 is 0. The Morgan fingerprint density at radius 1 is 1.33 bits per heavy atom. The normalized spacial score (nSPS) is 11.5. The number of halogens is 3. The molecule has 0 saturated carbocycles. The number of hydrogen-bond donors (Lipinski definition) is 1. The molecular formula is C15H15F3O3. The van der Waals surface area contributed by atoms with E-state index in [1.165, 1.54) is 12.1 Å². The van der Waals surface area contributed by atoms with E-state index in [9.17, 15) is 18.0 Å². The molecule has 6 heteroatoms. The summed E-state index contributed by atoms with van der Waals surface area (Å²) < 4.78 is 44.1. The second-order valence-electron chi connectivity index (χ2n) is 4.52. The fourth-order valence-corrected chi connectivity index (χ4v) is 1.46. The van der Waals surface area contributed by atoms with E-state index in [0.717, 1.165) is 23.8 Å². The van der Waals surface area contributed by atoms with E-state index >= 15 is 0 Å². The number of benzene rings is 1. The first-order valence-electron chi connectivity index (χ1n) is 6.08. The number of rotatable bonds is 5. The highest BCUT2D eigenvalue weighted by molar-refractivity contribution is 5.85. The van der Waals surface area contributed by atoms with Crippen molar-refractivity contribution in [3.63, 3.8) is 0 Å². The third kappa shape index (κ3) is 5.72. The molecular weight excluding hydrogens is 285 g/mol. The van der Waals surface area contributed by atoms with Crippen molar-refractivity contribution >= 4 is 12.0 Å². The molecule has 0 aliphatic rings. The molecule has 1 aromatic carbocycles. The van der Waals surface area contributed by atoms with E-state index in [1.54, 1.807) is 6.08 Å². The Kier molecular flexibility index (Phi) is 5.58. The minimum Gasteiger partial charge on any atom is -0.489 e. The predicted octanol–water partition coefficient (Wildman–Crippen LogP) is 4.15. The van der Waals surface area contributed by atoms with Gasteiger partial charge in [-0.05, 0) is 43.7 Å². The summed E-state index contributed by atoms with van der Waals surface area (Å²) in [5, 5.41) is 8.49. The van der Waals surface area contributed by atoms with Crippen LogP contribution in [0, 0.1) is 0 Å². The van der Waals surface area contributed by atoms with E-state index in [2.05, 4.69) is 0 Å². The highest BCUT2D eigenvalue weighted by atomic mass is 19.4. The Morgan fingerprint density at radius 2 is 2.00 bits per heavy atom. The van der Waals surface area contributed by atoms with Crippen LogP contribution in [0.15, 0.2) is 35.9 Å². The summed E-state index contributed by atoms with van der Waals surface area (Å²) in [5.41, 5.74) is 0.140. The zero-order chi connectivity index (χ0) is 16.0. The topological polar surface area (TPSA) is 46.5 Å². The lowest BCUT2D eigenvalue weighted by molar-refractivity contribution is -0.139. The standard InChI is InChI=1S/C15H15F3O3/c1-10(2)7-8-21-13-5-3-11(4-6-14(19)20)9-12(13)15(16,17)18/h3-7,9H,8H2,1-2H3,(H,19,20). The van der Waals surface area contributed by atoms with Gasteiger partial charge in [0.05, 0.1) is 5.56 Å². The Hall–Kier alpha value is -2.24. The van der Waals surface area contributed by atoms with E-state index in [4.69, 9.17) is 9.84 Å². The van der Waals surface area contributed by atoms with Crippen LogP contribution in [0.4, 0.5) is 13.2 Å². The quantitative estimate of drug-likeness (QED) is 0.656. The number of carboxylic acid groups (broad SMARTS) is 1. The largest absolute Gasteiger partial charge is 0.489 e. The van der Waals surface area contributed by atoms with Crippen molar-refractivity contribution in [2.45, 2.75) is 20.0 Å².